The van der Waals surface area contributed by atoms with Crippen LogP contribution in [0.3, 0.4) is 0 Å². The van der Waals surface area contributed by atoms with Crippen LogP contribution in [0.25, 0.3) is 0 Å². The smallest absolute Gasteiger partial charge is 0.310 e. The Morgan fingerprint density at radius 3 is 2.07 bits per heavy atom. The Hall–Kier alpha value is -0.860. The highest BCUT2D eigenvalue weighted by atomic mass is 16.4. The van der Waals surface area contributed by atoms with E-state index in [1.54, 1.807) is 0 Å². The van der Waals surface area contributed by atoms with Gasteiger partial charge < -0.3 is 5.11 Å². The number of aliphatic carboxylic acids is 1. The first-order valence-corrected chi connectivity index (χ1v) is 5.82. The molecule has 3 heteroatoms. The van der Waals surface area contributed by atoms with Crippen LogP contribution in [0.5, 0.6) is 0 Å². The fraction of sp³-hybridized carbons (Fsp3) is 0.833. The molecule has 0 atom stereocenters. The van der Waals surface area contributed by atoms with Gasteiger partial charge in [0.2, 0.25) is 0 Å². The van der Waals surface area contributed by atoms with Crippen molar-refractivity contribution < 1.29 is 14.7 Å². The second-order valence-corrected chi connectivity index (χ2v) is 4.63. The average molecular weight is 212 g/mol. The zero-order valence-electron chi connectivity index (χ0n) is 9.58. The minimum Gasteiger partial charge on any atom is -0.481 e. The molecule has 0 saturated heterocycles. The zero-order valence-corrected chi connectivity index (χ0v) is 9.58. The summed E-state index contributed by atoms with van der Waals surface area (Å²) in [6.07, 6.45) is 4.35. The van der Waals surface area contributed by atoms with Gasteiger partial charge in [-0.05, 0) is 18.8 Å². The van der Waals surface area contributed by atoms with Gasteiger partial charge in [-0.1, -0.05) is 26.7 Å². The van der Waals surface area contributed by atoms with Crippen LogP contribution in [0.15, 0.2) is 0 Å². The van der Waals surface area contributed by atoms with Gasteiger partial charge in [-0.15, -0.1) is 0 Å². The number of rotatable bonds is 6. The van der Waals surface area contributed by atoms with E-state index in [2.05, 4.69) is 13.8 Å². The fourth-order valence-electron chi connectivity index (χ4n) is 2.66. The third-order valence-electron chi connectivity index (χ3n) is 3.51. The maximum atomic E-state index is 11.3. The molecule has 0 amide bonds. The van der Waals surface area contributed by atoms with Crippen LogP contribution < -0.4 is 0 Å². The van der Waals surface area contributed by atoms with Crippen LogP contribution in [0.4, 0.5) is 0 Å². The Bertz CT molecular complexity index is 244. The van der Waals surface area contributed by atoms with E-state index in [4.69, 9.17) is 0 Å². The minimum atomic E-state index is -0.769. The van der Waals surface area contributed by atoms with Crippen molar-refractivity contribution in [3.63, 3.8) is 0 Å². The summed E-state index contributed by atoms with van der Waals surface area (Å²) in [5, 5.41) is 9.27. The van der Waals surface area contributed by atoms with Crippen molar-refractivity contribution >= 4 is 11.8 Å². The Morgan fingerprint density at radius 1 is 1.33 bits per heavy atom. The number of hydrogen-bond acceptors (Lipinski definition) is 2. The number of carbonyl (C=O) groups excluding carboxylic acids is 1. The summed E-state index contributed by atoms with van der Waals surface area (Å²) >= 11 is 0. The number of carbonyl (C=O) groups is 2. The minimum absolute atomic E-state index is 0.106. The van der Waals surface area contributed by atoms with Crippen LogP contribution in [0.2, 0.25) is 0 Å². The molecule has 0 bridgehead atoms. The summed E-state index contributed by atoms with van der Waals surface area (Å²) in [5.41, 5.74) is -0.719. The summed E-state index contributed by atoms with van der Waals surface area (Å²) in [4.78, 5) is 22.4. The van der Waals surface area contributed by atoms with Crippen LogP contribution in [0, 0.1) is 11.3 Å². The number of hydrogen-bond donors (Lipinski definition) is 1. The van der Waals surface area contributed by atoms with Gasteiger partial charge in [0.15, 0.2) is 0 Å². The first-order chi connectivity index (χ1) is 7.06. The predicted octanol–water partition coefficient (Wildman–Crippen LogP) is 2.64. The summed E-state index contributed by atoms with van der Waals surface area (Å²) in [7, 11) is 0. The molecule has 0 radical (unpaired) electrons. The molecule has 0 heterocycles. The van der Waals surface area contributed by atoms with E-state index in [1.165, 1.54) is 0 Å². The summed E-state index contributed by atoms with van der Waals surface area (Å²) in [6, 6.07) is 0. The van der Waals surface area contributed by atoms with Crippen LogP contribution >= 0.6 is 0 Å². The lowest BCUT2D eigenvalue weighted by molar-refractivity contribution is -0.166. The Kier molecular flexibility index (Phi) is 3.89. The molecule has 1 aliphatic rings. The third kappa shape index (κ3) is 2.21. The highest BCUT2D eigenvalue weighted by molar-refractivity contribution is 5.97. The quantitative estimate of drug-likeness (QED) is 0.736. The van der Waals surface area contributed by atoms with Gasteiger partial charge >= 0.3 is 5.97 Å². The van der Waals surface area contributed by atoms with Gasteiger partial charge in [-0.25, -0.2) is 0 Å². The second-order valence-electron chi connectivity index (χ2n) is 4.63. The molecule has 1 rings (SSSR count). The van der Waals surface area contributed by atoms with E-state index in [0.29, 0.717) is 0 Å². The lowest BCUT2D eigenvalue weighted by atomic mass is 9.58. The summed E-state index contributed by atoms with van der Waals surface area (Å²) in [6.45, 7) is 4.14. The fourth-order valence-corrected chi connectivity index (χ4v) is 2.66. The normalized spacial score (nSPS) is 19.0. The molecule has 1 fully saturated rings. The van der Waals surface area contributed by atoms with Crippen molar-refractivity contribution in [2.24, 2.45) is 11.3 Å². The Morgan fingerprint density at radius 2 is 1.80 bits per heavy atom. The molecule has 1 aliphatic carbocycles. The molecule has 86 valence electrons. The molecule has 0 aromatic rings. The average Bonchev–Trinajstić information content (AvgIpc) is 2.12. The Balaban J connectivity index is 2.76. The standard InChI is InChI=1S/C12H20O3/c1-3-5-9(6-4-2)12(11(14)15)7-10(13)8-12/h9H,3-8H2,1-2H3,(H,14,15). The number of Topliss-reactive ketones (excluding diaryl/α,β-unsaturated/α-hetero) is 1. The molecule has 3 nitrogen and oxygen atoms in total. The van der Waals surface area contributed by atoms with Gasteiger partial charge in [0, 0.05) is 12.8 Å². The van der Waals surface area contributed by atoms with Crippen molar-refractivity contribution in [1.82, 2.24) is 0 Å². The van der Waals surface area contributed by atoms with Crippen LogP contribution in [0.1, 0.15) is 52.4 Å². The van der Waals surface area contributed by atoms with Crippen molar-refractivity contribution in [1.29, 1.82) is 0 Å². The number of ketones is 1. The lowest BCUT2D eigenvalue weighted by Gasteiger charge is -2.43. The van der Waals surface area contributed by atoms with Gasteiger partial charge in [0.05, 0.1) is 5.41 Å². The van der Waals surface area contributed by atoms with Crippen molar-refractivity contribution in [2.45, 2.75) is 52.4 Å². The largest absolute Gasteiger partial charge is 0.481 e. The molecular weight excluding hydrogens is 192 g/mol. The van der Waals surface area contributed by atoms with E-state index >= 15 is 0 Å². The maximum absolute atomic E-state index is 11.3. The van der Waals surface area contributed by atoms with Gasteiger partial charge in [0.1, 0.15) is 5.78 Å². The summed E-state index contributed by atoms with van der Waals surface area (Å²) < 4.78 is 0. The molecular formula is C12H20O3. The molecule has 0 aliphatic heterocycles. The van der Waals surface area contributed by atoms with Crippen LogP contribution in [-0.4, -0.2) is 16.9 Å². The van der Waals surface area contributed by atoms with Crippen molar-refractivity contribution in [3.8, 4) is 0 Å². The molecule has 15 heavy (non-hydrogen) atoms. The SMILES string of the molecule is CCCC(CCC)C1(C(=O)O)CC(=O)C1. The molecule has 0 spiro atoms. The van der Waals surface area contributed by atoms with Crippen molar-refractivity contribution in [2.75, 3.05) is 0 Å². The highest BCUT2D eigenvalue weighted by Crippen LogP contribution is 2.48. The first-order valence-electron chi connectivity index (χ1n) is 5.82. The van der Waals surface area contributed by atoms with E-state index in [-0.39, 0.29) is 24.5 Å². The maximum Gasteiger partial charge on any atom is 0.310 e. The van der Waals surface area contributed by atoms with E-state index in [1.807, 2.05) is 0 Å². The highest BCUT2D eigenvalue weighted by Gasteiger charge is 2.54. The summed E-state index contributed by atoms with van der Waals surface area (Å²) in [5.74, 6) is -0.480. The van der Waals surface area contributed by atoms with E-state index < -0.39 is 11.4 Å². The monoisotopic (exact) mass is 212 g/mol. The van der Waals surface area contributed by atoms with Gasteiger partial charge in [-0.3, -0.25) is 9.59 Å². The molecule has 0 aromatic carbocycles. The van der Waals surface area contributed by atoms with Gasteiger partial charge in [-0.2, -0.15) is 0 Å². The zero-order chi connectivity index (χ0) is 11.5. The van der Waals surface area contributed by atoms with E-state index in [9.17, 15) is 14.7 Å². The number of carboxylic acid groups (broad SMARTS) is 1. The van der Waals surface area contributed by atoms with Crippen molar-refractivity contribution in [3.05, 3.63) is 0 Å². The molecule has 0 unspecified atom stereocenters. The van der Waals surface area contributed by atoms with Gasteiger partial charge in [0.25, 0.3) is 0 Å². The molecule has 1 saturated carbocycles. The predicted molar refractivity (Wildman–Crippen MR) is 57.6 cm³/mol. The number of carboxylic acids is 1. The first kappa shape index (κ1) is 12.2. The molecule has 1 N–H and O–H groups in total. The lowest BCUT2D eigenvalue weighted by Crippen LogP contribution is -2.49. The third-order valence-corrected chi connectivity index (χ3v) is 3.51. The van der Waals surface area contributed by atoms with Crippen LogP contribution in [-0.2, 0) is 9.59 Å². The topological polar surface area (TPSA) is 54.4 Å². The molecule has 0 aromatic heterocycles. The Labute approximate surface area is 90.9 Å². The second kappa shape index (κ2) is 4.77. The van der Waals surface area contributed by atoms with E-state index in [0.717, 1.165) is 25.7 Å².